The monoisotopic (exact) mass is 364 g/mol. The molecule has 6 rings (SSSR count). The molecule has 1 heterocycles. The summed E-state index contributed by atoms with van der Waals surface area (Å²) in [5, 5.41) is 4.25. The summed E-state index contributed by atoms with van der Waals surface area (Å²) in [5.41, 5.74) is 3.30. The molecule has 0 saturated heterocycles. The van der Waals surface area contributed by atoms with Crippen molar-refractivity contribution in [1.82, 2.24) is 4.98 Å². The molecule has 4 fully saturated rings. The van der Waals surface area contributed by atoms with Gasteiger partial charge in [0.1, 0.15) is 0 Å². The van der Waals surface area contributed by atoms with Crippen LogP contribution in [0.2, 0.25) is 0 Å². The molecular formula is C23H28N2O2. The maximum Gasteiger partial charge on any atom is 0.251 e. The van der Waals surface area contributed by atoms with Gasteiger partial charge in [0.05, 0.1) is 10.9 Å². The second-order valence-electron chi connectivity index (χ2n) is 9.32. The number of rotatable bonds is 3. The molecule has 0 unspecified atom stereocenters. The quantitative estimate of drug-likeness (QED) is 0.839. The Morgan fingerprint density at radius 1 is 1.15 bits per heavy atom. The molecule has 4 heteroatoms. The van der Waals surface area contributed by atoms with Crippen LogP contribution < -0.4 is 10.9 Å². The summed E-state index contributed by atoms with van der Waals surface area (Å²) in [6.45, 7) is 4.01. The number of carbonyl (C=O) groups is 1. The average molecular weight is 364 g/mol. The molecular weight excluding hydrogens is 336 g/mol. The molecule has 27 heavy (non-hydrogen) atoms. The van der Waals surface area contributed by atoms with E-state index >= 15 is 0 Å². The highest BCUT2D eigenvalue weighted by atomic mass is 16.2. The highest BCUT2D eigenvalue weighted by Crippen LogP contribution is 2.60. The van der Waals surface area contributed by atoms with Crippen LogP contribution in [0.4, 0.5) is 5.69 Å². The van der Waals surface area contributed by atoms with Gasteiger partial charge in [-0.25, -0.2) is 0 Å². The number of benzene rings is 1. The Morgan fingerprint density at radius 3 is 2.37 bits per heavy atom. The van der Waals surface area contributed by atoms with Crippen molar-refractivity contribution in [2.75, 3.05) is 5.32 Å². The van der Waals surface area contributed by atoms with Gasteiger partial charge in [-0.2, -0.15) is 0 Å². The molecule has 4 saturated carbocycles. The van der Waals surface area contributed by atoms with Gasteiger partial charge in [0.15, 0.2) is 0 Å². The number of anilines is 1. The van der Waals surface area contributed by atoms with Crippen molar-refractivity contribution in [3.63, 3.8) is 0 Å². The molecule has 0 spiro atoms. The van der Waals surface area contributed by atoms with E-state index in [-0.39, 0.29) is 16.9 Å². The third kappa shape index (κ3) is 2.64. The number of pyridine rings is 1. The number of amides is 1. The maximum atomic E-state index is 13.3. The van der Waals surface area contributed by atoms with Crippen LogP contribution in [0.25, 0.3) is 10.9 Å². The summed E-state index contributed by atoms with van der Waals surface area (Å²) in [5.74, 6) is 2.46. The van der Waals surface area contributed by atoms with E-state index < -0.39 is 0 Å². The normalized spacial score (nSPS) is 31.4. The first-order chi connectivity index (χ1) is 13.0. The van der Waals surface area contributed by atoms with Crippen LogP contribution in [0.1, 0.15) is 56.6 Å². The van der Waals surface area contributed by atoms with Crippen LogP contribution in [-0.2, 0) is 11.2 Å². The minimum absolute atomic E-state index is 0.0212. The maximum absolute atomic E-state index is 13.3. The molecule has 0 aliphatic heterocycles. The molecule has 0 radical (unpaired) electrons. The molecule has 142 valence electrons. The highest BCUT2D eigenvalue weighted by Gasteiger charge is 2.54. The van der Waals surface area contributed by atoms with Crippen molar-refractivity contribution in [1.29, 1.82) is 0 Å². The third-order valence-electron chi connectivity index (χ3n) is 7.53. The third-order valence-corrected chi connectivity index (χ3v) is 7.53. The van der Waals surface area contributed by atoms with E-state index in [2.05, 4.69) is 10.3 Å². The van der Waals surface area contributed by atoms with E-state index in [0.717, 1.165) is 71.2 Å². The van der Waals surface area contributed by atoms with Crippen LogP contribution in [-0.4, -0.2) is 10.9 Å². The van der Waals surface area contributed by atoms with Crippen molar-refractivity contribution in [3.05, 3.63) is 39.7 Å². The zero-order valence-electron chi connectivity index (χ0n) is 16.2. The number of hydrogen-bond acceptors (Lipinski definition) is 2. The van der Waals surface area contributed by atoms with Gasteiger partial charge in [0.2, 0.25) is 5.91 Å². The summed E-state index contributed by atoms with van der Waals surface area (Å²) in [7, 11) is 0. The first-order valence-electron chi connectivity index (χ1n) is 10.4. The molecule has 4 bridgehead atoms. The summed E-state index contributed by atoms with van der Waals surface area (Å²) >= 11 is 0. The standard InChI is InChI=1S/C23H28N2O2/c1-3-18-13(2)19-5-4-17(9-20(19)25-21(18)26)24-22(27)23-10-14-6-15(11-23)8-16(7-14)12-23/h4-5,9,14-16H,3,6-8,10-12H2,1-2H3,(H,24,27)(H,25,26). The molecule has 4 nitrogen and oxygen atoms in total. The van der Waals surface area contributed by atoms with Crippen molar-refractivity contribution in [2.24, 2.45) is 23.2 Å². The second kappa shape index (κ2) is 5.95. The first-order valence-corrected chi connectivity index (χ1v) is 10.4. The molecule has 0 atom stereocenters. The Balaban J connectivity index is 1.45. The van der Waals surface area contributed by atoms with Gasteiger partial charge >= 0.3 is 0 Å². The Kier molecular flexibility index (Phi) is 3.75. The lowest BCUT2D eigenvalue weighted by atomic mass is 9.49. The van der Waals surface area contributed by atoms with Crippen molar-refractivity contribution >= 4 is 22.5 Å². The molecule has 1 aromatic carbocycles. The van der Waals surface area contributed by atoms with Gasteiger partial charge in [-0.3, -0.25) is 9.59 Å². The number of aromatic amines is 1. The number of carbonyl (C=O) groups excluding carboxylic acids is 1. The largest absolute Gasteiger partial charge is 0.326 e. The van der Waals surface area contributed by atoms with E-state index in [1.54, 1.807) is 0 Å². The minimum Gasteiger partial charge on any atom is -0.326 e. The first kappa shape index (κ1) is 17.0. The highest BCUT2D eigenvalue weighted by molar-refractivity contribution is 5.97. The molecule has 1 aromatic heterocycles. The Labute approximate surface area is 159 Å². The fourth-order valence-electron chi connectivity index (χ4n) is 6.66. The van der Waals surface area contributed by atoms with E-state index in [1.807, 2.05) is 32.0 Å². The molecule has 1 amide bonds. The zero-order chi connectivity index (χ0) is 18.8. The molecule has 4 aliphatic carbocycles. The Morgan fingerprint density at radius 2 is 1.78 bits per heavy atom. The van der Waals surface area contributed by atoms with Crippen molar-refractivity contribution < 1.29 is 4.79 Å². The summed E-state index contributed by atoms with van der Waals surface area (Å²) in [6.07, 6.45) is 7.92. The lowest BCUT2D eigenvalue weighted by molar-refractivity contribution is -0.140. The van der Waals surface area contributed by atoms with Crippen molar-refractivity contribution in [3.8, 4) is 0 Å². The fraction of sp³-hybridized carbons (Fsp3) is 0.565. The van der Waals surface area contributed by atoms with Gasteiger partial charge in [-0.1, -0.05) is 13.0 Å². The van der Waals surface area contributed by atoms with Gasteiger partial charge in [0, 0.05) is 16.6 Å². The Bertz CT molecular complexity index is 952. The Hall–Kier alpha value is -2.10. The van der Waals surface area contributed by atoms with Gasteiger partial charge in [0.25, 0.3) is 5.56 Å². The second-order valence-corrected chi connectivity index (χ2v) is 9.32. The summed E-state index contributed by atoms with van der Waals surface area (Å²) in [6, 6.07) is 5.92. The van der Waals surface area contributed by atoms with Crippen LogP contribution >= 0.6 is 0 Å². The lowest BCUT2D eigenvalue weighted by Crippen LogP contribution is -2.51. The van der Waals surface area contributed by atoms with E-state index in [1.165, 1.54) is 19.3 Å². The predicted molar refractivity (Wildman–Crippen MR) is 108 cm³/mol. The molecule has 2 aromatic rings. The number of hydrogen-bond donors (Lipinski definition) is 2. The van der Waals surface area contributed by atoms with Gasteiger partial charge in [-0.15, -0.1) is 0 Å². The topological polar surface area (TPSA) is 62.0 Å². The SMILES string of the molecule is CCc1c(C)c2ccc(NC(=O)C34CC5CC(CC(C5)C3)C4)cc2[nH]c1=O. The summed E-state index contributed by atoms with van der Waals surface area (Å²) < 4.78 is 0. The van der Waals surface area contributed by atoms with E-state index in [4.69, 9.17) is 0 Å². The number of aryl methyl sites for hydroxylation is 1. The summed E-state index contributed by atoms with van der Waals surface area (Å²) in [4.78, 5) is 28.6. The lowest BCUT2D eigenvalue weighted by Gasteiger charge is -2.55. The fourth-order valence-corrected chi connectivity index (χ4v) is 6.66. The predicted octanol–water partition coefficient (Wildman–Crippen LogP) is 4.55. The molecule has 2 N–H and O–H groups in total. The average Bonchev–Trinajstić information content (AvgIpc) is 2.60. The zero-order valence-corrected chi connectivity index (χ0v) is 16.2. The van der Waals surface area contributed by atoms with Gasteiger partial charge in [-0.05, 0) is 87.3 Å². The van der Waals surface area contributed by atoms with Crippen LogP contribution in [0.3, 0.4) is 0 Å². The number of H-pyrrole nitrogens is 1. The minimum atomic E-state index is -0.154. The number of nitrogens with one attached hydrogen (secondary N) is 2. The molecule has 4 aliphatic rings. The van der Waals surface area contributed by atoms with Crippen LogP contribution in [0.15, 0.2) is 23.0 Å². The van der Waals surface area contributed by atoms with Crippen molar-refractivity contribution in [2.45, 2.75) is 58.8 Å². The smallest absolute Gasteiger partial charge is 0.251 e. The van der Waals surface area contributed by atoms with E-state index in [0.29, 0.717) is 0 Å². The van der Waals surface area contributed by atoms with E-state index in [9.17, 15) is 9.59 Å². The van der Waals surface area contributed by atoms with Gasteiger partial charge < -0.3 is 10.3 Å². The number of aromatic nitrogens is 1. The van der Waals surface area contributed by atoms with Crippen LogP contribution in [0, 0.1) is 30.1 Å². The van der Waals surface area contributed by atoms with Crippen LogP contribution in [0.5, 0.6) is 0 Å². The number of fused-ring (bicyclic) bond motifs is 1.